The van der Waals surface area contributed by atoms with Gasteiger partial charge in [0.05, 0.1) is 16.5 Å². The van der Waals surface area contributed by atoms with E-state index in [1.165, 1.54) is 0 Å². The number of rotatable bonds is 4. The highest BCUT2D eigenvalue weighted by molar-refractivity contribution is 7.90. The van der Waals surface area contributed by atoms with Crippen molar-refractivity contribution in [3.05, 3.63) is 23.8 Å². The van der Waals surface area contributed by atoms with Gasteiger partial charge in [0, 0.05) is 11.9 Å². The van der Waals surface area contributed by atoms with Gasteiger partial charge >= 0.3 is 5.97 Å². The molecule has 0 aliphatic heterocycles. The van der Waals surface area contributed by atoms with Crippen molar-refractivity contribution in [3.63, 3.8) is 0 Å². The van der Waals surface area contributed by atoms with Crippen molar-refractivity contribution < 1.29 is 23.1 Å². The Morgan fingerprint density at radius 3 is 2.47 bits per heavy atom. The van der Waals surface area contributed by atoms with Crippen LogP contribution in [-0.2, 0) is 14.6 Å². The summed E-state index contributed by atoms with van der Waals surface area (Å²) in [5.41, 5.74) is -0.254. The molecule has 8 heteroatoms. The van der Waals surface area contributed by atoms with Crippen molar-refractivity contribution in [2.45, 2.75) is 11.3 Å². The summed E-state index contributed by atoms with van der Waals surface area (Å²) >= 11 is 0. The van der Waals surface area contributed by atoms with Crippen LogP contribution in [0, 0.1) is 11.3 Å². The second-order valence-electron chi connectivity index (χ2n) is 3.71. The number of amides is 1. The molecule has 19 heavy (non-hydrogen) atoms. The van der Waals surface area contributed by atoms with E-state index in [0.717, 1.165) is 24.5 Å². The highest BCUT2D eigenvalue weighted by atomic mass is 32.2. The molecule has 0 aliphatic carbocycles. The Labute approximate surface area is 109 Å². The van der Waals surface area contributed by atoms with E-state index in [2.05, 4.69) is 5.32 Å². The first kappa shape index (κ1) is 14.7. The molecular weight excluding hydrogens is 272 g/mol. The summed E-state index contributed by atoms with van der Waals surface area (Å²) < 4.78 is 22.8. The molecule has 100 valence electrons. The second-order valence-corrected chi connectivity index (χ2v) is 5.72. The Kier molecular flexibility index (Phi) is 4.24. The van der Waals surface area contributed by atoms with Gasteiger partial charge in [0.25, 0.3) is 0 Å². The zero-order valence-corrected chi connectivity index (χ0v) is 10.7. The van der Waals surface area contributed by atoms with Gasteiger partial charge in [-0.15, -0.1) is 0 Å². The van der Waals surface area contributed by atoms with Crippen molar-refractivity contribution >= 4 is 27.4 Å². The molecule has 0 fully saturated rings. The van der Waals surface area contributed by atoms with Crippen LogP contribution in [0.1, 0.15) is 16.8 Å². The number of nitriles is 1. The first-order valence-corrected chi connectivity index (χ1v) is 6.88. The highest BCUT2D eigenvalue weighted by Crippen LogP contribution is 2.19. The van der Waals surface area contributed by atoms with Crippen LogP contribution >= 0.6 is 0 Å². The minimum absolute atomic E-state index is 0.0144. The molecule has 0 saturated heterocycles. The summed E-state index contributed by atoms with van der Waals surface area (Å²) in [6, 6.07) is 4.87. The molecule has 1 aromatic carbocycles. The fraction of sp³-hybridized carbons (Fsp3) is 0.182. The molecule has 0 aromatic heterocycles. The molecular formula is C11H10N2O5S. The number of sulfone groups is 1. The lowest BCUT2D eigenvalue weighted by molar-refractivity contribution is -0.115. The van der Waals surface area contributed by atoms with E-state index in [4.69, 9.17) is 10.4 Å². The fourth-order valence-electron chi connectivity index (χ4n) is 1.29. The minimum Gasteiger partial charge on any atom is -0.478 e. The van der Waals surface area contributed by atoms with E-state index in [0.29, 0.717) is 0 Å². The molecule has 0 radical (unpaired) electrons. The van der Waals surface area contributed by atoms with Crippen LogP contribution in [0.25, 0.3) is 0 Å². The first-order valence-electron chi connectivity index (χ1n) is 4.99. The Bertz CT molecular complexity index is 673. The van der Waals surface area contributed by atoms with Crippen molar-refractivity contribution in [2.75, 3.05) is 11.6 Å². The van der Waals surface area contributed by atoms with Crippen LogP contribution in [0.15, 0.2) is 23.1 Å². The molecule has 1 amide bonds. The largest absolute Gasteiger partial charge is 0.478 e. The molecule has 7 nitrogen and oxygen atoms in total. The van der Waals surface area contributed by atoms with Crippen molar-refractivity contribution in [1.29, 1.82) is 5.26 Å². The molecule has 0 unspecified atom stereocenters. The first-order chi connectivity index (χ1) is 8.74. The van der Waals surface area contributed by atoms with Gasteiger partial charge in [-0.3, -0.25) is 4.79 Å². The molecule has 0 spiro atoms. The lowest BCUT2D eigenvalue weighted by Gasteiger charge is -2.07. The molecule has 0 saturated carbocycles. The standard InChI is InChI=1S/C11H10N2O5S/c1-19(17,18)9-5-7(11(15)16)4-8(6-9)13-10(14)2-3-12/h4-6H,2H2,1H3,(H,13,14)(H,15,16). The molecule has 0 atom stereocenters. The Hall–Kier alpha value is -2.40. The van der Waals surface area contributed by atoms with Gasteiger partial charge in [-0.25, -0.2) is 13.2 Å². The van der Waals surface area contributed by atoms with E-state index in [1.54, 1.807) is 6.07 Å². The molecule has 2 N–H and O–H groups in total. The maximum atomic E-state index is 11.4. The zero-order chi connectivity index (χ0) is 14.6. The number of carboxylic acid groups (broad SMARTS) is 1. The van der Waals surface area contributed by atoms with Crippen molar-refractivity contribution in [2.24, 2.45) is 0 Å². The third-order valence-electron chi connectivity index (χ3n) is 2.11. The molecule has 1 rings (SSSR count). The number of anilines is 1. The van der Waals surface area contributed by atoms with Gasteiger partial charge in [-0.2, -0.15) is 5.26 Å². The summed E-state index contributed by atoms with van der Waals surface area (Å²) in [6.45, 7) is 0. The Morgan fingerprint density at radius 2 is 2.00 bits per heavy atom. The smallest absolute Gasteiger partial charge is 0.335 e. The summed E-state index contributed by atoms with van der Waals surface area (Å²) in [5.74, 6) is -1.97. The average molecular weight is 282 g/mol. The summed E-state index contributed by atoms with van der Waals surface area (Å²) in [4.78, 5) is 21.9. The Balaban J connectivity index is 3.26. The lowest BCUT2D eigenvalue weighted by atomic mass is 10.2. The van der Waals surface area contributed by atoms with Gasteiger partial charge in [-0.1, -0.05) is 0 Å². The normalized spacial score (nSPS) is 10.5. The predicted molar refractivity (Wildman–Crippen MR) is 65.4 cm³/mol. The maximum Gasteiger partial charge on any atom is 0.335 e. The van der Waals surface area contributed by atoms with Crippen molar-refractivity contribution in [1.82, 2.24) is 0 Å². The number of carbonyl (C=O) groups excluding carboxylic acids is 1. The van der Waals surface area contributed by atoms with E-state index >= 15 is 0 Å². The van der Waals surface area contributed by atoms with E-state index < -0.39 is 28.1 Å². The topological polar surface area (TPSA) is 124 Å². The number of nitrogens with zero attached hydrogens (tertiary/aromatic N) is 1. The molecule has 1 aromatic rings. The number of aromatic carboxylic acids is 1. The fourth-order valence-corrected chi connectivity index (χ4v) is 1.97. The number of nitrogens with one attached hydrogen (secondary N) is 1. The monoisotopic (exact) mass is 282 g/mol. The van der Waals surface area contributed by atoms with E-state index in [-0.39, 0.29) is 16.1 Å². The number of hydrogen-bond acceptors (Lipinski definition) is 5. The van der Waals surface area contributed by atoms with Crippen LogP contribution in [0.2, 0.25) is 0 Å². The lowest BCUT2D eigenvalue weighted by Crippen LogP contribution is -2.12. The van der Waals surface area contributed by atoms with Gasteiger partial charge in [0.1, 0.15) is 6.42 Å². The number of carboxylic acids is 1. The van der Waals surface area contributed by atoms with Crippen LogP contribution in [0.4, 0.5) is 5.69 Å². The summed E-state index contributed by atoms with van der Waals surface area (Å²) in [7, 11) is -3.61. The second kappa shape index (κ2) is 5.49. The predicted octanol–water partition coefficient (Wildman–Crippen LogP) is 0.640. The summed E-state index contributed by atoms with van der Waals surface area (Å²) in [6.07, 6.45) is 0.514. The number of hydrogen-bond donors (Lipinski definition) is 2. The quantitative estimate of drug-likeness (QED) is 0.835. The average Bonchev–Trinajstić information content (AvgIpc) is 2.27. The van der Waals surface area contributed by atoms with Crippen molar-refractivity contribution in [3.8, 4) is 6.07 Å². The minimum atomic E-state index is -3.61. The third-order valence-corrected chi connectivity index (χ3v) is 3.20. The number of carbonyl (C=O) groups is 2. The van der Waals surface area contributed by atoms with Gasteiger partial charge < -0.3 is 10.4 Å². The Morgan fingerprint density at radius 1 is 1.37 bits per heavy atom. The maximum absolute atomic E-state index is 11.4. The van der Waals surface area contributed by atoms with Crippen LogP contribution in [0.3, 0.4) is 0 Å². The van der Waals surface area contributed by atoms with Crippen LogP contribution in [0.5, 0.6) is 0 Å². The zero-order valence-electron chi connectivity index (χ0n) is 9.87. The van der Waals surface area contributed by atoms with E-state index in [9.17, 15) is 18.0 Å². The van der Waals surface area contributed by atoms with E-state index in [1.807, 2.05) is 0 Å². The van der Waals surface area contributed by atoms with Gasteiger partial charge in [-0.05, 0) is 18.2 Å². The summed E-state index contributed by atoms with van der Waals surface area (Å²) in [5, 5.41) is 19.5. The van der Waals surface area contributed by atoms with Gasteiger partial charge in [0.15, 0.2) is 9.84 Å². The highest BCUT2D eigenvalue weighted by Gasteiger charge is 2.14. The SMILES string of the molecule is CS(=O)(=O)c1cc(NC(=O)CC#N)cc(C(=O)O)c1. The van der Waals surface area contributed by atoms with Crippen LogP contribution in [-0.4, -0.2) is 31.7 Å². The van der Waals surface area contributed by atoms with Gasteiger partial charge in [0.2, 0.25) is 5.91 Å². The molecule has 0 aliphatic rings. The molecule has 0 bridgehead atoms. The molecule has 0 heterocycles. The third kappa shape index (κ3) is 4.08. The number of benzene rings is 1. The van der Waals surface area contributed by atoms with Crippen LogP contribution < -0.4 is 5.32 Å².